The van der Waals surface area contributed by atoms with E-state index in [-0.39, 0.29) is 19.4 Å². The van der Waals surface area contributed by atoms with Gasteiger partial charge in [0.05, 0.1) is 41.5 Å². The molecule has 4 bridgehead atoms. The fourth-order valence-electron chi connectivity index (χ4n) is 5.53. The predicted molar refractivity (Wildman–Crippen MR) is 173 cm³/mol. The van der Waals surface area contributed by atoms with Gasteiger partial charge in [-0.3, -0.25) is 9.59 Å². The van der Waals surface area contributed by atoms with Crippen LogP contribution < -0.4 is 29.6 Å². The SMILES string of the molecule is COC(=O)[C@@H]1Cc2ccc(cc2)Oc2cccc(c2)CC(=O)N[C@H](c2ccc(OC)c(-c3c(CO)cc(OC)cc3OC)c2)C(=O)N1. The summed E-state index contributed by atoms with van der Waals surface area (Å²) in [5, 5.41) is 15.9. The van der Waals surface area contributed by atoms with Crippen molar-refractivity contribution in [2.75, 3.05) is 28.4 Å². The zero-order chi connectivity index (χ0) is 33.5. The van der Waals surface area contributed by atoms with Crippen molar-refractivity contribution in [1.29, 1.82) is 0 Å². The molecular formula is C36H36N2O9. The summed E-state index contributed by atoms with van der Waals surface area (Å²) in [6.07, 6.45) is 0.0793. The van der Waals surface area contributed by atoms with Gasteiger partial charge in [-0.1, -0.05) is 30.3 Å². The van der Waals surface area contributed by atoms with Gasteiger partial charge in [0.1, 0.15) is 40.8 Å². The second kappa shape index (κ2) is 14.7. The van der Waals surface area contributed by atoms with Crippen LogP contribution in [0.15, 0.2) is 78.9 Å². The zero-order valence-electron chi connectivity index (χ0n) is 26.5. The Balaban J connectivity index is 1.62. The van der Waals surface area contributed by atoms with E-state index in [2.05, 4.69) is 10.6 Å². The number of hydrogen-bond acceptors (Lipinski definition) is 9. The molecule has 0 saturated heterocycles. The minimum Gasteiger partial charge on any atom is -0.497 e. The first kappa shape index (κ1) is 32.8. The third kappa shape index (κ3) is 7.47. The van der Waals surface area contributed by atoms with Crippen molar-refractivity contribution in [3.05, 3.63) is 101 Å². The number of aliphatic hydroxyl groups excluding tert-OH is 1. The quantitative estimate of drug-likeness (QED) is 0.253. The third-order valence-corrected chi connectivity index (χ3v) is 7.84. The topological polar surface area (TPSA) is 142 Å². The molecule has 244 valence electrons. The van der Waals surface area contributed by atoms with Crippen molar-refractivity contribution in [2.45, 2.75) is 31.5 Å². The first-order valence-electron chi connectivity index (χ1n) is 14.8. The highest BCUT2D eigenvalue weighted by atomic mass is 16.5. The number of carbonyl (C=O) groups is 3. The van der Waals surface area contributed by atoms with Crippen molar-refractivity contribution in [3.8, 4) is 39.9 Å². The summed E-state index contributed by atoms with van der Waals surface area (Å²) in [7, 11) is 5.74. The average Bonchev–Trinajstić information content (AvgIpc) is 3.09. The van der Waals surface area contributed by atoms with E-state index >= 15 is 0 Å². The Labute approximate surface area is 272 Å². The van der Waals surface area contributed by atoms with Gasteiger partial charge in [-0.05, 0) is 64.7 Å². The smallest absolute Gasteiger partial charge is 0.328 e. The van der Waals surface area contributed by atoms with Crippen LogP contribution in [0, 0.1) is 0 Å². The molecule has 0 saturated carbocycles. The standard InChI is InChI=1S/C36H36N2O9/c1-43-27-17-24(20-39)33(31(19-27)45-3)28-18-23(10-13-30(28)44-2)34-35(41)37-29(36(42)46-4)15-21-8-11-25(12-9-21)47-26-7-5-6-22(14-26)16-32(40)38-34/h5-14,17-19,29,34,39H,15-16,20H2,1-4H3,(H,37,41)(H,38,40)/t29-,34+/m0/s1. The summed E-state index contributed by atoms with van der Waals surface area (Å²) in [4.78, 5) is 40.5. The fourth-order valence-corrected chi connectivity index (χ4v) is 5.53. The number of nitrogens with one attached hydrogen (secondary N) is 2. The highest BCUT2D eigenvalue weighted by Gasteiger charge is 2.30. The molecule has 47 heavy (non-hydrogen) atoms. The van der Waals surface area contributed by atoms with Crippen LogP contribution in [0.25, 0.3) is 11.1 Å². The molecule has 2 aliphatic heterocycles. The monoisotopic (exact) mass is 640 g/mol. The Bertz CT molecular complexity index is 1750. The number of aliphatic hydroxyl groups is 1. The lowest BCUT2D eigenvalue weighted by Crippen LogP contribution is -2.48. The van der Waals surface area contributed by atoms with E-state index in [1.54, 1.807) is 66.7 Å². The number of ether oxygens (including phenoxy) is 5. The largest absolute Gasteiger partial charge is 0.497 e. The molecule has 0 fully saturated rings. The van der Waals surface area contributed by atoms with Gasteiger partial charge in [-0.15, -0.1) is 0 Å². The summed E-state index contributed by atoms with van der Waals surface area (Å²) in [5.41, 5.74) is 3.31. The van der Waals surface area contributed by atoms with E-state index in [4.69, 9.17) is 23.7 Å². The lowest BCUT2D eigenvalue weighted by molar-refractivity contribution is -0.145. The molecule has 0 unspecified atom stereocenters. The van der Waals surface area contributed by atoms with Crippen LogP contribution in [0.2, 0.25) is 0 Å². The van der Waals surface area contributed by atoms with Crippen molar-refractivity contribution >= 4 is 17.8 Å². The lowest BCUT2D eigenvalue weighted by atomic mass is 9.93. The molecule has 0 spiro atoms. The number of rotatable bonds is 7. The van der Waals surface area contributed by atoms with Crippen molar-refractivity contribution in [1.82, 2.24) is 10.6 Å². The molecule has 4 aromatic rings. The predicted octanol–water partition coefficient (Wildman–Crippen LogP) is 4.28. The molecule has 0 radical (unpaired) electrons. The number of carbonyl (C=O) groups excluding carboxylic acids is 3. The van der Waals surface area contributed by atoms with E-state index < -0.39 is 29.9 Å². The minimum absolute atomic E-state index is 0.0513. The first-order chi connectivity index (χ1) is 22.8. The normalized spacial score (nSPS) is 16.4. The Hall–Kier alpha value is -5.55. The van der Waals surface area contributed by atoms with Gasteiger partial charge >= 0.3 is 5.97 Å². The van der Waals surface area contributed by atoms with Gasteiger partial charge in [-0.25, -0.2) is 4.79 Å². The minimum atomic E-state index is -1.24. The number of benzene rings is 4. The maximum atomic E-state index is 14.1. The lowest BCUT2D eigenvalue weighted by Gasteiger charge is -2.24. The first-order valence-corrected chi connectivity index (χ1v) is 14.8. The third-order valence-electron chi connectivity index (χ3n) is 7.84. The summed E-state index contributed by atoms with van der Waals surface area (Å²) in [5.74, 6) is 0.711. The molecule has 11 nitrogen and oxygen atoms in total. The van der Waals surface area contributed by atoms with Crippen LogP contribution in [-0.2, 0) is 38.6 Å². The summed E-state index contributed by atoms with van der Waals surface area (Å²) < 4.78 is 27.7. The van der Waals surface area contributed by atoms with Gasteiger partial charge < -0.3 is 39.4 Å². The molecule has 2 atom stereocenters. The van der Waals surface area contributed by atoms with Crippen molar-refractivity contribution in [2.24, 2.45) is 0 Å². The van der Waals surface area contributed by atoms with Gasteiger partial charge in [0.25, 0.3) is 0 Å². The molecule has 6 rings (SSSR count). The van der Waals surface area contributed by atoms with Crippen molar-refractivity contribution in [3.63, 3.8) is 0 Å². The van der Waals surface area contributed by atoms with E-state index in [1.165, 1.54) is 28.4 Å². The Kier molecular flexibility index (Phi) is 10.3. The second-order valence-electron chi connectivity index (χ2n) is 10.8. The van der Waals surface area contributed by atoms with Crippen LogP contribution >= 0.6 is 0 Å². The van der Waals surface area contributed by atoms with Crippen LogP contribution in [-0.4, -0.2) is 57.4 Å². The van der Waals surface area contributed by atoms with Gasteiger partial charge in [0.15, 0.2) is 0 Å². The number of fused-ring (bicyclic) bond motifs is 9. The number of hydrogen-bond donors (Lipinski definition) is 3. The maximum absolute atomic E-state index is 14.1. The van der Waals surface area contributed by atoms with Crippen LogP contribution in [0.3, 0.4) is 0 Å². The number of esters is 1. The average molecular weight is 641 g/mol. The van der Waals surface area contributed by atoms with Crippen LogP contribution in [0.5, 0.6) is 28.7 Å². The van der Waals surface area contributed by atoms with Gasteiger partial charge in [0, 0.05) is 23.6 Å². The highest BCUT2D eigenvalue weighted by Crippen LogP contribution is 2.42. The summed E-state index contributed by atoms with van der Waals surface area (Å²) in [6.45, 7) is -0.346. The Morgan fingerprint density at radius 1 is 0.830 bits per heavy atom. The Morgan fingerprint density at radius 3 is 2.28 bits per heavy atom. The molecule has 2 aliphatic rings. The van der Waals surface area contributed by atoms with E-state index in [9.17, 15) is 19.5 Å². The van der Waals surface area contributed by atoms with E-state index in [0.717, 1.165) is 5.56 Å². The molecule has 3 N–H and O–H groups in total. The van der Waals surface area contributed by atoms with E-state index in [1.807, 2.05) is 12.1 Å². The van der Waals surface area contributed by atoms with Crippen LogP contribution in [0.4, 0.5) is 0 Å². The van der Waals surface area contributed by atoms with Gasteiger partial charge in [-0.2, -0.15) is 0 Å². The second-order valence-corrected chi connectivity index (χ2v) is 10.8. The van der Waals surface area contributed by atoms with E-state index in [0.29, 0.717) is 56.6 Å². The number of methoxy groups -OCH3 is 4. The number of amides is 2. The molecular weight excluding hydrogens is 604 g/mol. The Morgan fingerprint density at radius 2 is 1.60 bits per heavy atom. The fraction of sp³-hybridized carbons (Fsp3) is 0.250. The maximum Gasteiger partial charge on any atom is 0.328 e. The molecule has 0 aromatic heterocycles. The highest BCUT2D eigenvalue weighted by molar-refractivity contribution is 5.93. The molecule has 0 aliphatic carbocycles. The van der Waals surface area contributed by atoms with Gasteiger partial charge in [0.2, 0.25) is 11.8 Å². The van der Waals surface area contributed by atoms with Crippen molar-refractivity contribution < 1.29 is 43.2 Å². The zero-order valence-corrected chi connectivity index (χ0v) is 26.5. The van der Waals surface area contributed by atoms with Crippen LogP contribution in [0.1, 0.15) is 28.3 Å². The molecule has 4 aromatic carbocycles. The molecule has 2 heterocycles. The molecule has 2 amide bonds. The summed E-state index contributed by atoms with van der Waals surface area (Å²) in [6, 6.07) is 20.3. The molecule has 11 heteroatoms. The summed E-state index contributed by atoms with van der Waals surface area (Å²) >= 11 is 0.